The molecule has 3 N–H and O–H groups in total. The maximum absolute atomic E-state index is 12.1. The molecule has 5 heteroatoms. The third-order valence-electron chi connectivity index (χ3n) is 3.72. The number of hydrogen-bond acceptors (Lipinski definition) is 4. The molecule has 0 aliphatic carbocycles. The molecule has 0 fully saturated rings. The van der Waals surface area contributed by atoms with Gasteiger partial charge in [0.15, 0.2) is 0 Å². The zero-order valence-corrected chi connectivity index (χ0v) is 13.6. The third-order valence-corrected chi connectivity index (χ3v) is 3.72. The molecular weight excluding hydrogens is 302 g/mol. The van der Waals surface area contributed by atoms with Crippen molar-refractivity contribution < 1.29 is 9.53 Å². The van der Waals surface area contributed by atoms with Gasteiger partial charge in [-0.05, 0) is 18.1 Å². The number of carbonyl (C=O) groups is 1. The average molecular weight is 323 g/mol. The van der Waals surface area contributed by atoms with Crippen molar-refractivity contribution in [1.82, 2.24) is 0 Å². The number of nitrogens with one attached hydrogen (secondary N) is 3. The van der Waals surface area contributed by atoms with Crippen molar-refractivity contribution in [3.05, 3.63) is 59.7 Å². The van der Waals surface area contributed by atoms with Gasteiger partial charge in [-0.3, -0.25) is 4.79 Å². The Morgan fingerprint density at radius 3 is 2.50 bits per heavy atom. The third kappa shape index (κ3) is 4.52. The molecule has 0 unspecified atom stereocenters. The van der Waals surface area contributed by atoms with E-state index in [1.54, 1.807) is 18.2 Å². The van der Waals surface area contributed by atoms with Gasteiger partial charge in [-0.15, -0.1) is 0 Å². The molecule has 124 valence electrons. The Labute approximate surface area is 141 Å². The van der Waals surface area contributed by atoms with Gasteiger partial charge in [0.2, 0.25) is 5.91 Å². The van der Waals surface area contributed by atoms with Crippen molar-refractivity contribution in [3.63, 3.8) is 0 Å². The van der Waals surface area contributed by atoms with E-state index in [9.17, 15) is 4.79 Å². The van der Waals surface area contributed by atoms with E-state index in [2.05, 4.69) is 5.32 Å². The van der Waals surface area contributed by atoms with E-state index in [0.29, 0.717) is 24.3 Å². The summed E-state index contributed by atoms with van der Waals surface area (Å²) < 4.78 is 5.32. The minimum atomic E-state index is -0.428. The molecule has 2 rings (SSSR count). The highest BCUT2D eigenvalue weighted by atomic mass is 16.5. The number of amides is 1. The molecule has 2 aromatic rings. The summed E-state index contributed by atoms with van der Waals surface area (Å²) in [5.74, 6) is 0.0555. The van der Waals surface area contributed by atoms with Gasteiger partial charge in [0, 0.05) is 36.2 Å². The molecule has 24 heavy (non-hydrogen) atoms. The van der Waals surface area contributed by atoms with Gasteiger partial charge < -0.3 is 20.9 Å². The number of hydrogen-bond donors (Lipinski definition) is 3. The molecule has 0 aliphatic heterocycles. The summed E-state index contributed by atoms with van der Waals surface area (Å²) in [7, 11) is 1.53. The largest absolute Gasteiger partial charge is 0.496 e. The van der Waals surface area contributed by atoms with Gasteiger partial charge in [0.25, 0.3) is 0 Å². The fourth-order valence-corrected chi connectivity index (χ4v) is 2.42. The van der Waals surface area contributed by atoms with E-state index in [-0.39, 0.29) is 5.91 Å². The van der Waals surface area contributed by atoms with Gasteiger partial charge in [0.1, 0.15) is 5.75 Å². The van der Waals surface area contributed by atoms with Gasteiger partial charge in [-0.1, -0.05) is 36.4 Å². The first-order valence-electron chi connectivity index (χ1n) is 7.71. The maximum atomic E-state index is 12.1. The minimum absolute atomic E-state index is 0.0654. The predicted octanol–water partition coefficient (Wildman–Crippen LogP) is 3.65. The second-order valence-corrected chi connectivity index (χ2v) is 5.35. The zero-order chi connectivity index (χ0) is 17.4. The molecule has 0 atom stereocenters. The van der Waals surface area contributed by atoms with Gasteiger partial charge >= 0.3 is 0 Å². The van der Waals surface area contributed by atoms with Crippen molar-refractivity contribution in [2.24, 2.45) is 0 Å². The molecule has 0 heterocycles. The van der Waals surface area contributed by atoms with E-state index >= 15 is 0 Å². The fraction of sp³-hybridized carbons (Fsp3) is 0.211. The van der Waals surface area contributed by atoms with E-state index in [4.69, 9.17) is 15.6 Å². The van der Waals surface area contributed by atoms with Crippen LogP contribution in [0, 0.1) is 10.8 Å². The molecule has 5 nitrogen and oxygen atoms in total. The maximum Gasteiger partial charge on any atom is 0.224 e. The topological polar surface area (TPSA) is 86.0 Å². The number of aryl methyl sites for hydroxylation is 1. The predicted molar refractivity (Wildman–Crippen MR) is 96.7 cm³/mol. The molecule has 0 aliphatic rings. The summed E-state index contributed by atoms with van der Waals surface area (Å²) in [6.45, 7) is 0. The SMILES string of the molecule is COc1cc(NC(=O)CCc2ccccc2)ccc1C(C=N)C=N. The lowest BCUT2D eigenvalue weighted by molar-refractivity contribution is -0.116. The zero-order valence-electron chi connectivity index (χ0n) is 13.6. The molecule has 0 spiro atoms. The summed E-state index contributed by atoms with van der Waals surface area (Å²) in [4.78, 5) is 12.1. The van der Waals surface area contributed by atoms with Gasteiger partial charge in [0.05, 0.1) is 13.0 Å². The number of benzene rings is 2. The lowest BCUT2D eigenvalue weighted by Gasteiger charge is -2.14. The summed E-state index contributed by atoms with van der Waals surface area (Å²) in [5.41, 5.74) is 2.49. The number of anilines is 1. The molecule has 1 amide bonds. The van der Waals surface area contributed by atoms with Crippen LogP contribution in [0.4, 0.5) is 5.69 Å². The molecule has 2 aromatic carbocycles. The number of carbonyl (C=O) groups excluding carboxylic acids is 1. The lowest BCUT2D eigenvalue weighted by atomic mass is 10.00. The Morgan fingerprint density at radius 2 is 1.88 bits per heavy atom. The van der Waals surface area contributed by atoms with Crippen LogP contribution in [0.3, 0.4) is 0 Å². The van der Waals surface area contributed by atoms with Crippen LogP contribution >= 0.6 is 0 Å². The quantitative estimate of drug-likeness (QED) is 0.648. The highest BCUT2D eigenvalue weighted by Gasteiger charge is 2.13. The second-order valence-electron chi connectivity index (χ2n) is 5.35. The first-order chi connectivity index (χ1) is 11.7. The summed E-state index contributed by atoms with van der Waals surface area (Å²) in [6, 6.07) is 15.1. The van der Waals surface area contributed by atoms with E-state index in [1.165, 1.54) is 19.5 Å². The number of rotatable bonds is 8. The first kappa shape index (κ1) is 17.4. The molecule has 0 saturated carbocycles. The van der Waals surface area contributed by atoms with Crippen molar-refractivity contribution in [2.45, 2.75) is 18.8 Å². The van der Waals surface area contributed by atoms with Crippen LogP contribution in [0.2, 0.25) is 0 Å². The highest BCUT2D eigenvalue weighted by Crippen LogP contribution is 2.28. The second kappa shape index (κ2) is 8.62. The van der Waals surface area contributed by atoms with Crippen LogP contribution in [0.1, 0.15) is 23.5 Å². The van der Waals surface area contributed by atoms with Crippen LogP contribution < -0.4 is 10.1 Å². The van der Waals surface area contributed by atoms with Crippen LogP contribution in [-0.4, -0.2) is 25.4 Å². The first-order valence-corrected chi connectivity index (χ1v) is 7.71. The lowest BCUT2D eigenvalue weighted by Crippen LogP contribution is -2.13. The van der Waals surface area contributed by atoms with E-state index in [0.717, 1.165) is 11.1 Å². The number of ether oxygens (including phenoxy) is 1. The highest BCUT2D eigenvalue weighted by molar-refractivity contribution is 5.92. The van der Waals surface area contributed by atoms with Gasteiger partial charge in [-0.2, -0.15) is 0 Å². The van der Waals surface area contributed by atoms with Crippen molar-refractivity contribution in [1.29, 1.82) is 10.8 Å². The molecule has 0 aromatic heterocycles. The normalized spacial score (nSPS) is 11.4. The Hall–Kier alpha value is -2.95. The Kier molecular flexibility index (Phi) is 6.25. The van der Waals surface area contributed by atoms with Crippen molar-refractivity contribution >= 4 is 24.0 Å². The van der Waals surface area contributed by atoms with E-state index in [1.807, 2.05) is 30.3 Å². The average Bonchev–Trinajstić information content (AvgIpc) is 2.62. The molecule has 0 bridgehead atoms. The van der Waals surface area contributed by atoms with Crippen LogP contribution in [0.15, 0.2) is 48.5 Å². The summed E-state index contributed by atoms with van der Waals surface area (Å²) in [6.07, 6.45) is 3.45. The smallest absolute Gasteiger partial charge is 0.224 e. The minimum Gasteiger partial charge on any atom is -0.496 e. The van der Waals surface area contributed by atoms with Crippen molar-refractivity contribution in [3.8, 4) is 5.75 Å². The Balaban J connectivity index is 2.02. The Bertz CT molecular complexity index is 706. The fourth-order valence-electron chi connectivity index (χ4n) is 2.42. The molecular formula is C19H21N3O2. The van der Waals surface area contributed by atoms with Crippen LogP contribution in [-0.2, 0) is 11.2 Å². The van der Waals surface area contributed by atoms with Crippen LogP contribution in [0.25, 0.3) is 0 Å². The molecule has 0 saturated heterocycles. The number of methoxy groups -OCH3 is 1. The van der Waals surface area contributed by atoms with Crippen LogP contribution in [0.5, 0.6) is 5.75 Å². The van der Waals surface area contributed by atoms with E-state index < -0.39 is 5.92 Å². The standard InChI is InChI=1S/C19H21N3O2/c1-24-18-11-16(8-9-17(18)15(12-20)13-21)22-19(23)10-7-14-5-3-2-4-6-14/h2-6,8-9,11-13,15,20-21H,7,10H2,1H3,(H,22,23). The summed E-state index contributed by atoms with van der Waals surface area (Å²) in [5, 5.41) is 17.6. The monoisotopic (exact) mass is 323 g/mol. The Morgan fingerprint density at radius 1 is 1.17 bits per heavy atom. The summed E-state index contributed by atoms with van der Waals surface area (Å²) >= 11 is 0. The molecule has 0 radical (unpaired) electrons. The van der Waals surface area contributed by atoms with Gasteiger partial charge in [-0.25, -0.2) is 0 Å². The van der Waals surface area contributed by atoms with Crippen molar-refractivity contribution in [2.75, 3.05) is 12.4 Å².